The van der Waals surface area contributed by atoms with E-state index in [-0.39, 0.29) is 22.8 Å². The van der Waals surface area contributed by atoms with Crippen LogP contribution in [-0.2, 0) is 0 Å². The summed E-state index contributed by atoms with van der Waals surface area (Å²) >= 11 is 0. The second-order valence-electron chi connectivity index (χ2n) is 6.41. The minimum Gasteiger partial charge on any atom is -0.360 e. The molecule has 1 unspecified atom stereocenters. The first kappa shape index (κ1) is 20.0. The van der Waals surface area contributed by atoms with Gasteiger partial charge in [0.2, 0.25) is 0 Å². The molecule has 3 aromatic heterocycles. The number of benzene rings is 1. The molecule has 0 saturated heterocycles. The number of aromatic amines is 1. The maximum Gasteiger partial charge on any atom is 0.287 e. The normalized spacial score (nSPS) is 11.8. The quantitative estimate of drug-likeness (QED) is 0.354. The Morgan fingerprint density at radius 2 is 1.94 bits per heavy atom. The molecule has 2 N–H and O–H groups in total. The van der Waals surface area contributed by atoms with E-state index in [1.54, 1.807) is 6.20 Å². The Morgan fingerprint density at radius 1 is 1.10 bits per heavy atom. The number of nitrogens with zero attached hydrogens (tertiary/aromatic N) is 5. The largest absolute Gasteiger partial charge is 0.360 e. The zero-order chi connectivity index (χ0) is 22.0. The van der Waals surface area contributed by atoms with Gasteiger partial charge < -0.3 is 10.3 Å². The molecule has 0 aliphatic carbocycles. The molecular weight excluding hydrogens is 408 g/mol. The van der Waals surface area contributed by atoms with Crippen molar-refractivity contribution < 1.29 is 13.7 Å². The smallest absolute Gasteiger partial charge is 0.287 e. The summed E-state index contributed by atoms with van der Waals surface area (Å²) in [6.07, 6.45) is 5.69. The highest BCUT2D eigenvalue weighted by Crippen LogP contribution is 2.31. The van der Waals surface area contributed by atoms with Gasteiger partial charge in [0.05, 0.1) is 22.2 Å². The van der Waals surface area contributed by atoms with Crippen LogP contribution in [0.5, 0.6) is 0 Å². The van der Waals surface area contributed by atoms with Crippen LogP contribution in [-0.4, -0.2) is 29.8 Å². The first-order valence-electron chi connectivity index (χ1n) is 8.94. The Labute approximate surface area is 174 Å². The molecule has 31 heavy (non-hydrogen) atoms. The molecule has 4 rings (SSSR count). The average molecular weight is 422 g/mol. The van der Waals surface area contributed by atoms with Crippen molar-refractivity contribution in [2.75, 3.05) is 5.32 Å². The van der Waals surface area contributed by atoms with E-state index < -0.39 is 22.6 Å². The van der Waals surface area contributed by atoms with Crippen molar-refractivity contribution in [2.24, 2.45) is 0 Å². The van der Waals surface area contributed by atoms with Crippen LogP contribution in [0.25, 0.3) is 22.6 Å². The number of rotatable bonds is 6. The van der Waals surface area contributed by atoms with E-state index in [2.05, 4.69) is 37.2 Å². The Bertz CT molecular complexity index is 1230. The summed E-state index contributed by atoms with van der Waals surface area (Å²) in [5.74, 6) is -0.567. The fourth-order valence-electron chi connectivity index (χ4n) is 2.86. The maximum atomic E-state index is 14.5. The number of H-pyrrole nitrogens is 1. The lowest BCUT2D eigenvalue weighted by Gasteiger charge is -2.15. The first-order valence-corrected chi connectivity index (χ1v) is 8.94. The van der Waals surface area contributed by atoms with Gasteiger partial charge in [-0.15, -0.1) is 0 Å². The monoisotopic (exact) mass is 422 g/mol. The van der Waals surface area contributed by atoms with Crippen LogP contribution in [0, 0.1) is 28.7 Å². The molecule has 9 nitrogen and oxygen atoms in total. The maximum absolute atomic E-state index is 14.5. The van der Waals surface area contributed by atoms with Crippen molar-refractivity contribution >= 4 is 11.5 Å². The van der Waals surface area contributed by atoms with E-state index in [0.29, 0.717) is 17.2 Å². The van der Waals surface area contributed by atoms with Gasteiger partial charge in [0.15, 0.2) is 5.82 Å². The molecule has 0 aliphatic heterocycles. The van der Waals surface area contributed by atoms with Gasteiger partial charge in [-0.2, -0.15) is 0 Å². The highest BCUT2D eigenvalue weighted by Gasteiger charge is 2.19. The number of hydrogen-bond donors (Lipinski definition) is 2. The van der Waals surface area contributed by atoms with Gasteiger partial charge >= 0.3 is 0 Å². The van der Waals surface area contributed by atoms with E-state index in [4.69, 9.17) is 0 Å². The van der Waals surface area contributed by atoms with Gasteiger partial charge in [-0.25, -0.2) is 28.7 Å². The number of halogens is 2. The van der Waals surface area contributed by atoms with E-state index in [0.717, 1.165) is 18.3 Å². The summed E-state index contributed by atoms with van der Waals surface area (Å²) in [5, 5.41) is 13.7. The summed E-state index contributed by atoms with van der Waals surface area (Å²) in [7, 11) is 0. The molecule has 0 aliphatic rings. The topological polar surface area (TPSA) is 123 Å². The van der Waals surface area contributed by atoms with Gasteiger partial charge in [0.1, 0.15) is 29.5 Å². The highest BCUT2D eigenvalue weighted by atomic mass is 19.1. The lowest BCUT2D eigenvalue weighted by Crippen LogP contribution is -2.13. The van der Waals surface area contributed by atoms with Gasteiger partial charge in [-0.3, -0.25) is 10.1 Å². The number of nitrogens with one attached hydrogen (secondary N) is 2. The van der Waals surface area contributed by atoms with Crippen LogP contribution in [0.3, 0.4) is 0 Å². The molecule has 0 spiro atoms. The number of anilines is 1. The molecule has 1 aromatic carbocycles. The SMILES string of the molecule is [CH2]C(Nc1ccc([N+](=O)[O-])cn1)c1ncc(-c2ncc[nH]2)c(-c2ccc(F)cc2F)n1. The number of imidazole rings is 1. The third kappa shape index (κ3) is 4.20. The minimum absolute atomic E-state index is 0.0668. The minimum atomic E-state index is -0.789. The third-order valence-electron chi connectivity index (χ3n) is 4.34. The number of pyridine rings is 1. The molecule has 1 radical (unpaired) electrons. The second-order valence-corrected chi connectivity index (χ2v) is 6.41. The molecule has 4 aromatic rings. The summed E-state index contributed by atoms with van der Waals surface area (Å²) in [6, 6.07) is 5.18. The van der Waals surface area contributed by atoms with Crippen molar-refractivity contribution in [3.8, 4) is 22.6 Å². The third-order valence-corrected chi connectivity index (χ3v) is 4.34. The molecule has 1 atom stereocenters. The lowest BCUT2D eigenvalue weighted by atomic mass is 10.1. The summed E-state index contributed by atoms with van der Waals surface area (Å²) in [4.78, 5) is 30.0. The predicted molar refractivity (Wildman–Crippen MR) is 108 cm³/mol. The zero-order valence-electron chi connectivity index (χ0n) is 15.8. The highest BCUT2D eigenvalue weighted by molar-refractivity contribution is 5.77. The lowest BCUT2D eigenvalue weighted by molar-refractivity contribution is -0.385. The van der Waals surface area contributed by atoms with Gasteiger partial charge in [-0.05, 0) is 25.1 Å². The first-order chi connectivity index (χ1) is 14.9. The molecule has 0 amide bonds. The fraction of sp³-hybridized carbons (Fsp3) is 0.0500. The Morgan fingerprint density at radius 3 is 2.58 bits per heavy atom. The van der Waals surface area contributed by atoms with E-state index in [1.165, 1.54) is 30.6 Å². The van der Waals surface area contributed by atoms with Crippen LogP contribution in [0.2, 0.25) is 0 Å². The van der Waals surface area contributed by atoms with Crippen LogP contribution < -0.4 is 5.32 Å². The fourth-order valence-corrected chi connectivity index (χ4v) is 2.86. The van der Waals surface area contributed by atoms with Crippen LogP contribution in [0.15, 0.2) is 55.1 Å². The average Bonchev–Trinajstić information content (AvgIpc) is 3.28. The van der Waals surface area contributed by atoms with E-state index in [9.17, 15) is 18.9 Å². The van der Waals surface area contributed by atoms with Crippen molar-refractivity contribution in [3.05, 3.63) is 89.6 Å². The molecule has 0 bridgehead atoms. The number of nitro groups is 1. The predicted octanol–water partition coefficient (Wildman–Crippen LogP) is 4.10. The Balaban J connectivity index is 1.71. The number of aromatic nitrogens is 5. The van der Waals surface area contributed by atoms with Crippen LogP contribution in [0.1, 0.15) is 11.9 Å². The van der Waals surface area contributed by atoms with Crippen molar-refractivity contribution in [3.63, 3.8) is 0 Å². The van der Waals surface area contributed by atoms with Gasteiger partial charge in [-0.1, -0.05) is 0 Å². The summed E-state index contributed by atoms with van der Waals surface area (Å²) < 4.78 is 27.9. The van der Waals surface area contributed by atoms with Crippen LogP contribution >= 0.6 is 0 Å². The molecule has 155 valence electrons. The van der Waals surface area contributed by atoms with Gasteiger partial charge in [0, 0.05) is 36.3 Å². The second kappa shape index (κ2) is 8.22. The molecular formula is C20H14F2N7O2. The van der Waals surface area contributed by atoms with Crippen molar-refractivity contribution in [2.45, 2.75) is 6.04 Å². The van der Waals surface area contributed by atoms with Crippen molar-refractivity contribution in [1.29, 1.82) is 0 Å². The summed E-state index contributed by atoms with van der Waals surface area (Å²) in [6.45, 7) is 3.94. The molecule has 0 fully saturated rings. The number of hydrogen-bond acceptors (Lipinski definition) is 7. The van der Waals surface area contributed by atoms with E-state index >= 15 is 0 Å². The zero-order valence-corrected chi connectivity index (χ0v) is 15.8. The summed E-state index contributed by atoms with van der Waals surface area (Å²) in [5.41, 5.74) is 0.529. The Kier molecular flexibility index (Phi) is 5.31. The molecule has 11 heteroatoms. The molecule has 3 heterocycles. The van der Waals surface area contributed by atoms with Gasteiger partial charge in [0.25, 0.3) is 5.69 Å². The molecule has 0 saturated carbocycles. The standard InChI is InChI=1S/C20H14F2N7O2/c1-11(27-17-5-3-13(9-25-17)29(30)31)19-26-10-15(20-23-6-7-24-20)18(28-19)14-4-2-12(21)8-16(14)22/h2-11H,1H2,(H,23,24)(H,25,27). The Hall–Kier alpha value is -4.28. The van der Waals surface area contributed by atoms with Crippen LogP contribution in [0.4, 0.5) is 20.3 Å². The van der Waals surface area contributed by atoms with Crippen molar-refractivity contribution in [1.82, 2.24) is 24.9 Å². The van der Waals surface area contributed by atoms with E-state index in [1.807, 2.05) is 0 Å².